The van der Waals surface area contributed by atoms with Crippen LogP contribution >= 0.6 is 0 Å². The van der Waals surface area contributed by atoms with Crippen molar-refractivity contribution in [1.29, 1.82) is 0 Å². The molecule has 4 heteroatoms. The minimum Gasteiger partial charge on any atom is -0.316 e. The number of rotatable bonds is 8. The van der Waals surface area contributed by atoms with E-state index in [9.17, 15) is 0 Å². The maximum absolute atomic E-state index is 4.22. The van der Waals surface area contributed by atoms with E-state index in [0.717, 1.165) is 31.6 Å². The zero-order valence-electron chi connectivity index (χ0n) is 13.3. The summed E-state index contributed by atoms with van der Waals surface area (Å²) >= 11 is 0. The van der Waals surface area contributed by atoms with Crippen molar-refractivity contribution >= 4 is 0 Å². The molecule has 4 nitrogen and oxygen atoms in total. The molecule has 114 valence electrons. The third-order valence-corrected chi connectivity index (χ3v) is 3.65. The van der Waals surface area contributed by atoms with Crippen LogP contribution in [0.5, 0.6) is 0 Å². The fourth-order valence-corrected chi connectivity index (χ4v) is 2.54. The summed E-state index contributed by atoms with van der Waals surface area (Å²) in [4.78, 5) is 0. The normalized spacial score (nSPS) is 12.5. The molecule has 1 aromatic heterocycles. The van der Waals surface area contributed by atoms with Gasteiger partial charge in [-0.05, 0) is 50.8 Å². The lowest BCUT2D eigenvalue weighted by atomic mass is 9.94. The zero-order chi connectivity index (χ0) is 15.1. The van der Waals surface area contributed by atoms with Crippen LogP contribution in [-0.4, -0.2) is 28.1 Å². The summed E-state index contributed by atoms with van der Waals surface area (Å²) in [5.74, 6) is 0.552. The maximum atomic E-state index is 4.22. The monoisotopic (exact) mass is 286 g/mol. The Morgan fingerprint density at radius 2 is 1.95 bits per heavy atom. The van der Waals surface area contributed by atoms with Crippen molar-refractivity contribution in [2.75, 3.05) is 13.1 Å². The van der Waals surface area contributed by atoms with Crippen LogP contribution in [0.1, 0.15) is 30.2 Å². The molecule has 1 N–H and O–H groups in total. The molecule has 0 amide bonds. The second kappa shape index (κ2) is 7.93. The lowest BCUT2D eigenvalue weighted by Crippen LogP contribution is -2.26. The molecule has 1 aromatic carbocycles. The first-order chi connectivity index (χ1) is 10.2. The van der Waals surface area contributed by atoms with Gasteiger partial charge in [0.05, 0.1) is 5.69 Å². The molecule has 0 bridgehead atoms. The third kappa shape index (κ3) is 5.31. The summed E-state index contributed by atoms with van der Waals surface area (Å²) in [5.41, 5.74) is 3.79. The summed E-state index contributed by atoms with van der Waals surface area (Å²) in [5, 5.41) is 11.8. The third-order valence-electron chi connectivity index (χ3n) is 3.65. The van der Waals surface area contributed by atoms with Crippen LogP contribution < -0.4 is 5.32 Å². The van der Waals surface area contributed by atoms with Crippen LogP contribution in [0, 0.1) is 12.8 Å². The van der Waals surface area contributed by atoms with Gasteiger partial charge in [-0.2, -0.15) is 0 Å². The van der Waals surface area contributed by atoms with Gasteiger partial charge in [-0.3, -0.25) is 4.68 Å². The van der Waals surface area contributed by atoms with E-state index in [1.807, 2.05) is 13.2 Å². The van der Waals surface area contributed by atoms with Crippen molar-refractivity contribution in [3.05, 3.63) is 47.3 Å². The average Bonchev–Trinajstić information content (AvgIpc) is 2.87. The molecule has 21 heavy (non-hydrogen) atoms. The molecule has 0 aliphatic rings. The Hall–Kier alpha value is -1.68. The molecule has 0 saturated heterocycles. The molecular weight excluding hydrogens is 260 g/mol. The fourth-order valence-electron chi connectivity index (χ4n) is 2.54. The number of hydrogen-bond acceptors (Lipinski definition) is 3. The van der Waals surface area contributed by atoms with E-state index in [1.54, 1.807) is 4.68 Å². The smallest absolute Gasteiger partial charge is 0.0830 e. The van der Waals surface area contributed by atoms with Gasteiger partial charge in [-0.1, -0.05) is 42.0 Å². The molecule has 0 fully saturated rings. The van der Waals surface area contributed by atoms with Gasteiger partial charge in [0.2, 0.25) is 0 Å². The Balaban J connectivity index is 1.98. The molecule has 1 unspecified atom stereocenters. The molecule has 0 radical (unpaired) electrons. The van der Waals surface area contributed by atoms with Crippen molar-refractivity contribution in [2.24, 2.45) is 13.0 Å². The number of benzene rings is 1. The maximum Gasteiger partial charge on any atom is 0.0830 e. The van der Waals surface area contributed by atoms with Gasteiger partial charge in [-0.25, -0.2) is 0 Å². The standard InChI is InChI=1S/C17H26N4/c1-4-9-18-12-16(11-17-13-21(3)20-19-17)10-15-7-5-14(2)6-8-15/h5-8,13,16,18H,4,9-12H2,1-3H3. The van der Waals surface area contributed by atoms with Gasteiger partial charge in [0.1, 0.15) is 0 Å². The summed E-state index contributed by atoms with van der Waals surface area (Å²) < 4.78 is 1.78. The summed E-state index contributed by atoms with van der Waals surface area (Å²) in [6, 6.07) is 8.85. The van der Waals surface area contributed by atoms with E-state index in [4.69, 9.17) is 0 Å². The number of hydrogen-bond donors (Lipinski definition) is 1. The molecule has 1 atom stereocenters. The van der Waals surface area contributed by atoms with Crippen molar-refractivity contribution in [1.82, 2.24) is 20.3 Å². The van der Waals surface area contributed by atoms with E-state index in [0.29, 0.717) is 5.92 Å². The SMILES string of the molecule is CCCNCC(Cc1ccc(C)cc1)Cc1cn(C)nn1. The van der Waals surface area contributed by atoms with Crippen LogP contribution in [0.3, 0.4) is 0 Å². The van der Waals surface area contributed by atoms with Crippen LogP contribution in [0.2, 0.25) is 0 Å². The number of aromatic nitrogens is 3. The topological polar surface area (TPSA) is 42.7 Å². The Bertz CT molecular complexity index is 530. The van der Waals surface area contributed by atoms with E-state index in [-0.39, 0.29) is 0 Å². The van der Waals surface area contributed by atoms with Crippen molar-refractivity contribution < 1.29 is 0 Å². The van der Waals surface area contributed by atoms with Crippen molar-refractivity contribution in [2.45, 2.75) is 33.1 Å². The Morgan fingerprint density at radius 3 is 2.57 bits per heavy atom. The second-order valence-corrected chi connectivity index (χ2v) is 5.85. The largest absolute Gasteiger partial charge is 0.316 e. The van der Waals surface area contributed by atoms with E-state index >= 15 is 0 Å². The molecule has 2 aromatic rings. The van der Waals surface area contributed by atoms with Crippen LogP contribution in [-0.2, 0) is 19.9 Å². The number of nitrogens with zero attached hydrogens (tertiary/aromatic N) is 3. The number of nitrogens with one attached hydrogen (secondary N) is 1. The van der Waals surface area contributed by atoms with Crippen LogP contribution in [0.25, 0.3) is 0 Å². The van der Waals surface area contributed by atoms with Crippen molar-refractivity contribution in [3.63, 3.8) is 0 Å². The summed E-state index contributed by atoms with van der Waals surface area (Å²) in [7, 11) is 1.92. The van der Waals surface area contributed by atoms with E-state index in [2.05, 4.69) is 53.7 Å². The summed E-state index contributed by atoms with van der Waals surface area (Å²) in [6.45, 7) is 6.43. The lowest BCUT2D eigenvalue weighted by Gasteiger charge is -2.16. The van der Waals surface area contributed by atoms with Gasteiger partial charge >= 0.3 is 0 Å². The van der Waals surface area contributed by atoms with Gasteiger partial charge in [0.15, 0.2) is 0 Å². The predicted molar refractivity (Wildman–Crippen MR) is 86.2 cm³/mol. The molecule has 0 spiro atoms. The quantitative estimate of drug-likeness (QED) is 0.758. The van der Waals surface area contributed by atoms with Gasteiger partial charge in [-0.15, -0.1) is 5.10 Å². The molecular formula is C17H26N4. The Kier molecular flexibility index (Phi) is 5.93. The van der Waals surface area contributed by atoms with Crippen LogP contribution in [0.15, 0.2) is 30.5 Å². The first kappa shape index (κ1) is 15.7. The molecule has 0 aliphatic carbocycles. The first-order valence-electron chi connectivity index (χ1n) is 7.79. The Labute approximate surface area is 127 Å². The van der Waals surface area contributed by atoms with E-state index < -0.39 is 0 Å². The predicted octanol–water partition coefficient (Wildman–Crippen LogP) is 2.52. The van der Waals surface area contributed by atoms with Crippen molar-refractivity contribution in [3.8, 4) is 0 Å². The molecule has 0 saturated carbocycles. The first-order valence-corrected chi connectivity index (χ1v) is 7.79. The molecule has 1 heterocycles. The average molecular weight is 286 g/mol. The highest BCUT2D eigenvalue weighted by Crippen LogP contribution is 2.14. The van der Waals surface area contributed by atoms with E-state index in [1.165, 1.54) is 17.5 Å². The minimum atomic E-state index is 0.552. The minimum absolute atomic E-state index is 0.552. The highest BCUT2D eigenvalue weighted by atomic mass is 15.4. The fraction of sp³-hybridized carbons (Fsp3) is 0.529. The highest BCUT2D eigenvalue weighted by Gasteiger charge is 2.12. The molecule has 0 aliphatic heterocycles. The Morgan fingerprint density at radius 1 is 1.19 bits per heavy atom. The highest BCUT2D eigenvalue weighted by molar-refractivity contribution is 5.22. The van der Waals surface area contributed by atoms with Gasteiger partial charge in [0, 0.05) is 13.2 Å². The number of aryl methyl sites for hydroxylation is 2. The summed E-state index contributed by atoms with van der Waals surface area (Å²) in [6.07, 6.45) is 5.23. The second-order valence-electron chi connectivity index (χ2n) is 5.85. The van der Waals surface area contributed by atoms with Gasteiger partial charge < -0.3 is 5.32 Å². The molecule has 2 rings (SSSR count). The van der Waals surface area contributed by atoms with Gasteiger partial charge in [0.25, 0.3) is 0 Å². The lowest BCUT2D eigenvalue weighted by molar-refractivity contribution is 0.466. The van der Waals surface area contributed by atoms with Crippen LogP contribution in [0.4, 0.5) is 0 Å². The zero-order valence-corrected chi connectivity index (χ0v) is 13.3.